The van der Waals surface area contributed by atoms with Crippen molar-refractivity contribution < 1.29 is 0 Å². The second kappa shape index (κ2) is 4.23. The first-order valence-corrected chi connectivity index (χ1v) is 5.86. The smallest absolute Gasteiger partial charge is 0.127 e. The number of aromatic amines is 1. The van der Waals surface area contributed by atoms with E-state index < -0.39 is 0 Å². The van der Waals surface area contributed by atoms with E-state index >= 15 is 0 Å². The van der Waals surface area contributed by atoms with Crippen molar-refractivity contribution in [2.24, 2.45) is 5.73 Å². The summed E-state index contributed by atoms with van der Waals surface area (Å²) in [7, 11) is 0. The maximum atomic E-state index is 6.17. The Kier molecular flexibility index (Phi) is 2.57. The summed E-state index contributed by atoms with van der Waals surface area (Å²) < 4.78 is 0. The molecule has 0 saturated carbocycles. The van der Waals surface area contributed by atoms with Gasteiger partial charge in [-0.2, -0.15) is 0 Å². The molecule has 3 N–H and O–H groups in total. The molecule has 4 heteroatoms. The highest BCUT2D eigenvalue weighted by Crippen LogP contribution is 2.21. The topological polar surface area (TPSA) is 67.6 Å². The Labute approximate surface area is 105 Å². The number of imidazole rings is 1. The number of nitrogens with two attached hydrogens (primary N) is 1. The van der Waals surface area contributed by atoms with Crippen molar-refractivity contribution in [2.75, 3.05) is 0 Å². The molecule has 3 rings (SSSR count). The van der Waals surface area contributed by atoms with Gasteiger partial charge in [0.1, 0.15) is 5.82 Å². The Morgan fingerprint density at radius 1 is 1.22 bits per heavy atom. The van der Waals surface area contributed by atoms with E-state index in [0.29, 0.717) is 0 Å². The van der Waals surface area contributed by atoms with Crippen LogP contribution < -0.4 is 5.73 Å². The van der Waals surface area contributed by atoms with E-state index in [2.05, 4.69) is 27.1 Å². The Morgan fingerprint density at radius 2 is 2.11 bits per heavy atom. The molecule has 2 heterocycles. The van der Waals surface area contributed by atoms with Crippen LogP contribution in [0.15, 0.2) is 42.7 Å². The standard InChI is InChI=1S/C14H14N4/c1-9-2-3-10-8-11(4-5-12(10)18-9)13(15)14-16-6-7-17-14/h2-8,13H,15H2,1H3,(H,16,17). The van der Waals surface area contributed by atoms with Crippen LogP contribution in [0.1, 0.15) is 23.1 Å². The molecule has 0 aliphatic rings. The number of fused-ring (bicyclic) bond motifs is 1. The van der Waals surface area contributed by atoms with Crippen LogP contribution in [0.25, 0.3) is 10.9 Å². The Morgan fingerprint density at radius 3 is 2.89 bits per heavy atom. The highest BCUT2D eigenvalue weighted by atomic mass is 14.9. The predicted octanol–water partition coefficient (Wildman–Crippen LogP) is 2.31. The Bertz CT molecular complexity index is 673. The van der Waals surface area contributed by atoms with Crippen molar-refractivity contribution in [3.8, 4) is 0 Å². The van der Waals surface area contributed by atoms with Crippen LogP contribution in [-0.4, -0.2) is 15.0 Å². The fourth-order valence-electron chi connectivity index (χ4n) is 2.04. The van der Waals surface area contributed by atoms with Gasteiger partial charge in [0, 0.05) is 23.5 Å². The minimum atomic E-state index is -0.231. The summed E-state index contributed by atoms with van der Waals surface area (Å²) in [5.74, 6) is 0.773. The van der Waals surface area contributed by atoms with Crippen LogP contribution in [0.3, 0.4) is 0 Å². The lowest BCUT2D eigenvalue weighted by Crippen LogP contribution is -2.13. The lowest BCUT2D eigenvalue weighted by Gasteiger charge is -2.10. The summed E-state index contributed by atoms with van der Waals surface area (Å²) >= 11 is 0. The number of nitrogens with one attached hydrogen (secondary N) is 1. The molecule has 1 unspecified atom stereocenters. The van der Waals surface area contributed by atoms with Crippen LogP contribution >= 0.6 is 0 Å². The van der Waals surface area contributed by atoms with Gasteiger partial charge < -0.3 is 10.7 Å². The molecule has 2 aromatic heterocycles. The van der Waals surface area contributed by atoms with E-state index in [1.54, 1.807) is 12.4 Å². The largest absolute Gasteiger partial charge is 0.347 e. The molecule has 1 atom stereocenters. The number of hydrogen-bond donors (Lipinski definition) is 2. The van der Waals surface area contributed by atoms with Crippen molar-refractivity contribution in [2.45, 2.75) is 13.0 Å². The van der Waals surface area contributed by atoms with Crippen LogP contribution in [0.5, 0.6) is 0 Å². The van der Waals surface area contributed by atoms with Crippen molar-refractivity contribution >= 4 is 10.9 Å². The molecule has 0 spiro atoms. The van der Waals surface area contributed by atoms with Crippen molar-refractivity contribution in [1.82, 2.24) is 15.0 Å². The maximum Gasteiger partial charge on any atom is 0.127 e. The van der Waals surface area contributed by atoms with Gasteiger partial charge in [0.25, 0.3) is 0 Å². The number of benzene rings is 1. The van der Waals surface area contributed by atoms with Crippen molar-refractivity contribution in [1.29, 1.82) is 0 Å². The quantitative estimate of drug-likeness (QED) is 0.720. The maximum absolute atomic E-state index is 6.17. The second-order valence-corrected chi connectivity index (χ2v) is 4.36. The summed E-state index contributed by atoms with van der Waals surface area (Å²) in [5, 5.41) is 1.10. The van der Waals surface area contributed by atoms with E-state index in [1.807, 2.05) is 25.1 Å². The number of H-pyrrole nitrogens is 1. The second-order valence-electron chi connectivity index (χ2n) is 4.36. The average Bonchev–Trinajstić information content (AvgIpc) is 2.91. The zero-order chi connectivity index (χ0) is 12.5. The lowest BCUT2D eigenvalue weighted by molar-refractivity contribution is 0.802. The average molecular weight is 238 g/mol. The molecular weight excluding hydrogens is 224 g/mol. The van der Waals surface area contributed by atoms with E-state index in [9.17, 15) is 0 Å². The van der Waals surface area contributed by atoms with E-state index in [1.165, 1.54) is 0 Å². The predicted molar refractivity (Wildman–Crippen MR) is 71.1 cm³/mol. The van der Waals surface area contributed by atoms with Crippen LogP contribution in [0, 0.1) is 6.92 Å². The van der Waals surface area contributed by atoms with Crippen LogP contribution in [0.4, 0.5) is 0 Å². The number of pyridine rings is 1. The third-order valence-electron chi connectivity index (χ3n) is 3.03. The summed E-state index contributed by atoms with van der Waals surface area (Å²) in [4.78, 5) is 11.7. The molecule has 1 aromatic carbocycles. The number of nitrogens with zero attached hydrogens (tertiary/aromatic N) is 2. The van der Waals surface area contributed by atoms with E-state index in [4.69, 9.17) is 5.73 Å². The fraction of sp³-hybridized carbons (Fsp3) is 0.143. The molecule has 0 radical (unpaired) electrons. The fourth-order valence-corrected chi connectivity index (χ4v) is 2.04. The van der Waals surface area contributed by atoms with Gasteiger partial charge >= 0.3 is 0 Å². The SMILES string of the molecule is Cc1ccc2cc(C(N)c3ncc[nH]3)ccc2n1. The minimum Gasteiger partial charge on any atom is -0.347 e. The third kappa shape index (κ3) is 1.87. The zero-order valence-electron chi connectivity index (χ0n) is 10.1. The molecule has 0 saturated heterocycles. The summed E-state index contributed by atoms with van der Waals surface area (Å²) in [6, 6.07) is 9.91. The van der Waals surface area contributed by atoms with Gasteiger partial charge in [-0.15, -0.1) is 0 Å². The molecule has 90 valence electrons. The summed E-state index contributed by atoms with van der Waals surface area (Å²) in [6.45, 7) is 1.99. The van der Waals surface area contributed by atoms with Gasteiger partial charge in [-0.25, -0.2) is 4.98 Å². The summed E-state index contributed by atoms with van der Waals surface area (Å²) in [6.07, 6.45) is 3.49. The number of aromatic nitrogens is 3. The van der Waals surface area contributed by atoms with Crippen LogP contribution in [0.2, 0.25) is 0 Å². The first-order valence-electron chi connectivity index (χ1n) is 5.86. The van der Waals surface area contributed by atoms with Gasteiger partial charge in [-0.3, -0.25) is 4.98 Å². The molecule has 0 bridgehead atoms. The Hall–Kier alpha value is -2.20. The van der Waals surface area contributed by atoms with Crippen LogP contribution in [-0.2, 0) is 0 Å². The van der Waals surface area contributed by atoms with Gasteiger partial charge in [0.15, 0.2) is 0 Å². The van der Waals surface area contributed by atoms with Gasteiger partial charge in [-0.05, 0) is 30.7 Å². The monoisotopic (exact) mass is 238 g/mol. The van der Waals surface area contributed by atoms with E-state index in [-0.39, 0.29) is 6.04 Å². The van der Waals surface area contributed by atoms with Crippen molar-refractivity contribution in [3.05, 3.63) is 59.8 Å². The van der Waals surface area contributed by atoms with Gasteiger partial charge in [0.2, 0.25) is 0 Å². The first kappa shape index (κ1) is 10.9. The number of rotatable bonds is 2. The molecule has 3 aromatic rings. The number of aryl methyl sites for hydroxylation is 1. The Balaban J connectivity index is 2.06. The zero-order valence-corrected chi connectivity index (χ0v) is 10.1. The first-order chi connectivity index (χ1) is 8.74. The number of hydrogen-bond acceptors (Lipinski definition) is 3. The third-order valence-corrected chi connectivity index (χ3v) is 3.03. The van der Waals surface area contributed by atoms with Crippen molar-refractivity contribution in [3.63, 3.8) is 0 Å². The molecular formula is C14H14N4. The highest BCUT2D eigenvalue weighted by Gasteiger charge is 2.11. The molecule has 4 nitrogen and oxygen atoms in total. The normalized spacial score (nSPS) is 12.8. The molecule has 18 heavy (non-hydrogen) atoms. The molecule has 0 fully saturated rings. The molecule has 0 amide bonds. The lowest BCUT2D eigenvalue weighted by atomic mass is 10.0. The molecule has 0 aliphatic carbocycles. The van der Waals surface area contributed by atoms with E-state index in [0.717, 1.165) is 28.0 Å². The molecule has 0 aliphatic heterocycles. The van der Waals surface area contributed by atoms with Gasteiger partial charge in [0.05, 0.1) is 11.6 Å². The summed E-state index contributed by atoms with van der Waals surface area (Å²) in [5.41, 5.74) is 9.21. The highest BCUT2D eigenvalue weighted by molar-refractivity contribution is 5.79. The van der Waals surface area contributed by atoms with Gasteiger partial charge in [-0.1, -0.05) is 12.1 Å². The minimum absolute atomic E-state index is 0.231.